The summed E-state index contributed by atoms with van der Waals surface area (Å²) >= 11 is 0. The van der Waals surface area contributed by atoms with E-state index < -0.39 is 0 Å². The first-order valence-corrected chi connectivity index (χ1v) is 6.65. The molecule has 104 valence electrons. The Morgan fingerprint density at radius 3 is 2.74 bits per heavy atom. The summed E-state index contributed by atoms with van der Waals surface area (Å²) in [5, 5.41) is 3.32. The minimum atomic E-state index is -0.104. The van der Waals surface area contributed by atoms with Crippen LogP contribution in [0, 0.1) is 0 Å². The highest BCUT2D eigenvalue weighted by Gasteiger charge is 2.32. The van der Waals surface area contributed by atoms with E-state index in [9.17, 15) is 4.79 Å². The minimum Gasteiger partial charge on any atom is -0.333 e. The SMILES string of the molecule is CC1CNC(CN(C)C)C(=O)N1Cc1ccncc1. The fraction of sp³-hybridized carbons (Fsp3) is 0.571. The first kappa shape index (κ1) is 14.0. The van der Waals surface area contributed by atoms with Gasteiger partial charge in [-0.05, 0) is 38.7 Å². The summed E-state index contributed by atoms with van der Waals surface area (Å²) in [4.78, 5) is 20.5. The number of nitrogens with zero attached hydrogens (tertiary/aromatic N) is 3. The average Bonchev–Trinajstić information content (AvgIpc) is 2.39. The molecule has 0 bridgehead atoms. The van der Waals surface area contributed by atoms with Crippen LogP contribution in [0.15, 0.2) is 24.5 Å². The number of rotatable bonds is 4. The molecule has 2 rings (SSSR count). The van der Waals surface area contributed by atoms with Gasteiger partial charge in [0, 0.05) is 38.1 Å². The Morgan fingerprint density at radius 1 is 1.42 bits per heavy atom. The van der Waals surface area contributed by atoms with Crippen LogP contribution >= 0.6 is 0 Å². The van der Waals surface area contributed by atoms with Crippen LogP contribution < -0.4 is 5.32 Å². The van der Waals surface area contributed by atoms with Gasteiger partial charge >= 0.3 is 0 Å². The lowest BCUT2D eigenvalue weighted by Crippen LogP contribution is -2.61. The molecular weight excluding hydrogens is 240 g/mol. The number of carbonyl (C=O) groups excluding carboxylic acids is 1. The van der Waals surface area contributed by atoms with Crippen molar-refractivity contribution in [1.29, 1.82) is 0 Å². The van der Waals surface area contributed by atoms with E-state index in [0.717, 1.165) is 18.7 Å². The van der Waals surface area contributed by atoms with Crippen LogP contribution in [0.25, 0.3) is 0 Å². The maximum Gasteiger partial charge on any atom is 0.241 e. The Kier molecular flexibility index (Phi) is 4.50. The quantitative estimate of drug-likeness (QED) is 0.849. The molecule has 2 unspecified atom stereocenters. The maximum atomic E-state index is 12.5. The highest BCUT2D eigenvalue weighted by Crippen LogP contribution is 2.13. The van der Waals surface area contributed by atoms with Gasteiger partial charge in [0.05, 0.1) is 6.04 Å². The monoisotopic (exact) mass is 262 g/mol. The standard InChI is InChI=1S/C14H22N4O/c1-11-8-16-13(10-17(2)3)14(19)18(11)9-12-4-6-15-7-5-12/h4-7,11,13,16H,8-10H2,1-3H3. The number of pyridine rings is 1. The van der Waals surface area contributed by atoms with E-state index in [2.05, 4.69) is 17.2 Å². The number of likely N-dealkylation sites (N-methyl/N-ethyl adjacent to an activating group) is 1. The van der Waals surface area contributed by atoms with E-state index >= 15 is 0 Å². The number of hydrogen-bond donors (Lipinski definition) is 1. The van der Waals surface area contributed by atoms with E-state index in [1.54, 1.807) is 12.4 Å². The van der Waals surface area contributed by atoms with Crippen LogP contribution in [0.1, 0.15) is 12.5 Å². The molecular formula is C14H22N4O. The zero-order valence-electron chi connectivity index (χ0n) is 11.8. The predicted molar refractivity (Wildman–Crippen MR) is 74.6 cm³/mol. The molecule has 0 aromatic carbocycles. The molecule has 1 aromatic heterocycles. The van der Waals surface area contributed by atoms with Crippen LogP contribution in [0.2, 0.25) is 0 Å². The lowest BCUT2D eigenvalue weighted by Gasteiger charge is -2.39. The number of hydrogen-bond acceptors (Lipinski definition) is 4. The Labute approximate surface area is 114 Å². The van der Waals surface area contributed by atoms with Crippen LogP contribution in [-0.2, 0) is 11.3 Å². The zero-order valence-corrected chi connectivity index (χ0v) is 11.8. The summed E-state index contributed by atoms with van der Waals surface area (Å²) in [5.74, 6) is 0.185. The molecule has 0 radical (unpaired) electrons. The highest BCUT2D eigenvalue weighted by atomic mass is 16.2. The topological polar surface area (TPSA) is 48.5 Å². The number of nitrogens with one attached hydrogen (secondary N) is 1. The lowest BCUT2D eigenvalue weighted by atomic mass is 10.1. The second-order valence-electron chi connectivity index (χ2n) is 5.39. The molecule has 1 N–H and O–H groups in total. The third-order valence-electron chi connectivity index (χ3n) is 3.42. The van der Waals surface area contributed by atoms with Gasteiger partial charge in [-0.1, -0.05) is 0 Å². The number of amides is 1. The number of aromatic nitrogens is 1. The Balaban J connectivity index is 2.06. The molecule has 1 aromatic rings. The molecule has 1 fully saturated rings. The summed E-state index contributed by atoms with van der Waals surface area (Å²) < 4.78 is 0. The zero-order chi connectivity index (χ0) is 13.8. The summed E-state index contributed by atoms with van der Waals surface area (Å²) in [6.45, 7) is 4.32. The number of carbonyl (C=O) groups is 1. The van der Waals surface area contributed by atoms with Gasteiger partial charge in [-0.15, -0.1) is 0 Å². The smallest absolute Gasteiger partial charge is 0.241 e. The van der Waals surface area contributed by atoms with Crippen molar-refractivity contribution < 1.29 is 4.79 Å². The first-order chi connectivity index (χ1) is 9.08. The van der Waals surface area contributed by atoms with Crippen molar-refractivity contribution in [2.75, 3.05) is 27.2 Å². The molecule has 1 saturated heterocycles. The molecule has 0 aliphatic carbocycles. The normalized spacial score (nSPS) is 24.0. The molecule has 5 nitrogen and oxygen atoms in total. The van der Waals surface area contributed by atoms with E-state index in [1.165, 1.54) is 0 Å². The number of piperazine rings is 1. The third kappa shape index (κ3) is 3.52. The van der Waals surface area contributed by atoms with Crippen molar-refractivity contribution in [2.24, 2.45) is 0 Å². The van der Waals surface area contributed by atoms with E-state index in [4.69, 9.17) is 0 Å². The molecule has 2 heterocycles. The molecule has 2 atom stereocenters. The van der Waals surface area contributed by atoms with Crippen molar-refractivity contribution in [3.05, 3.63) is 30.1 Å². The predicted octanol–water partition coefficient (Wildman–Crippen LogP) is 0.332. The maximum absolute atomic E-state index is 12.5. The fourth-order valence-electron chi connectivity index (χ4n) is 2.35. The summed E-state index contributed by atoms with van der Waals surface area (Å²) in [5.41, 5.74) is 1.13. The largest absolute Gasteiger partial charge is 0.333 e. The summed E-state index contributed by atoms with van der Waals surface area (Å²) in [6, 6.07) is 4.04. The van der Waals surface area contributed by atoms with Crippen molar-refractivity contribution in [2.45, 2.75) is 25.6 Å². The van der Waals surface area contributed by atoms with Crippen LogP contribution in [0.3, 0.4) is 0 Å². The van der Waals surface area contributed by atoms with E-state index in [-0.39, 0.29) is 18.0 Å². The summed E-state index contributed by atoms with van der Waals surface area (Å²) in [6.07, 6.45) is 3.54. The van der Waals surface area contributed by atoms with Gasteiger partial charge in [-0.25, -0.2) is 0 Å². The van der Waals surface area contributed by atoms with Crippen LogP contribution in [0.5, 0.6) is 0 Å². The van der Waals surface area contributed by atoms with Gasteiger partial charge in [0.2, 0.25) is 5.91 Å². The van der Waals surface area contributed by atoms with Crippen molar-refractivity contribution in [3.63, 3.8) is 0 Å². The highest BCUT2D eigenvalue weighted by molar-refractivity contribution is 5.83. The van der Waals surface area contributed by atoms with Gasteiger partial charge < -0.3 is 15.1 Å². The lowest BCUT2D eigenvalue weighted by molar-refractivity contribution is -0.139. The molecule has 1 amide bonds. The molecule has 5 heteroatoms. The van der Waals surface area contributed by atoms with Gasteiger partial charge in [0.1, 0.15) is 0 Å². The van der Waals surface area contributed by atoms with Crippen molar-refractivity contribution >= 4 is 5.91 Å². The van der Waals surface area contributed by atoms with Gasteiger partial charge in [0.25, 0.3) is 0 Å². The average molecular weight is 262 g/mol. The van der Waals surface area contributed by atoms with E-state index in [0.29, 0.717) is 6.54 Å². The van der Waals surface area contributed by atoms with Gasteiger partial charge in [-0.2, -0.15) is 0 Å². The molecule has 0 spiro atoms. The van der Waals surface area contributed by atoms with Crippen molar-refractivity contribution in [3.8, 4) is 0 Å². The minimum absolute atomic E-state index is 0.104. The van der Waals surface area contributed by atoms with E-state index in [1.807, 2.05) is 36.0 Å². The fourth-order valence-corrected chi connectivity index (χ4v) is 2.35. The second-order valence-corrected chi connectivity index (χ2v) is 5.39. The second kappa shape index (κ2) is 6.12. The third-order valence-corrected chi connectivity index (χ3v) is 3.42. The molecule has 0 saturated carbocycles. The summed E-state index contributed by atoms with van der Waals surface area (Å²) in [7, 11) is 3.97. The van der Waals surface area contributed by atoms with Crippen molar-refractivity contribution in [1.82, 2.24) is 20.1 Å². The Bertz CT molecular complexity index is 421. The van der Waals surface area contributed by atoms with Gasteiger partial charge in [0.15, 0.2) is 0 Å². The molecule has 19 heavy (non-hydrogen) atoms. The Morgan fingerprint density at radius 2 is 2.11 bits per heavy atom. The first-order valence-electron chi connectivity index (χ1n) is 6.65. The Hall–Kier alpha value is -1.46. The van der Waals surface area contributed by atoms with Crippen LogP contribution in [-0.4, -0.2) is 60.0 Å². The molecule has 1 aliphatic heterocycles. The molecule has 1 aliphatic rings. The van der Waals surface area contributed by atoms with Gasteiger partial charge in [-0.3, -0.25) is 9.78 Å². The van der Waals surface area contributed by atoms with Crippen LogP contribution in [0.4, 0.5) is 0 Å².